The summed E-state index contributed by atoms with van der Waals surface area (Å²) in [5.74, 6) is 0.376. The zero-order valence-electron chi connectivity index (χ0n) is 18.7. The zero-order chi connectivity index (χ0) is 24.2. The van der Waals surface area contributed by atoms with E-state index in [1.54, 1.807) is 37.6 Å². The van der Waals surface area contributed by atoms with Crippen molar-refractivity contribution in [1.82, 2.24) is 19.2 Å². The molecule has 0 fully saturated rings. The predicted molar refractivity (Wildman–Crippen MR) is 127 cm³/mol. The molecule has 0 aliphatic heterocycles. The third kappa shape index (κ3) is 4.60. The van der Waals surface area contributed by atoms with Crippen LogP contribution < -0.4 is 20.3 Å². The Morgan fingerprint density at radius 1 is 1.15 bits per heavy atom. The number of hydrogen-bond donors (Lipinski definition) is 1. The average molecular weight is 484 g/mol. The van der Waals surface area contributed by atoms with E-state index in [0.717, 1.165) is 0 Å². The smallest absolute Gasteiger partial charge is 0.300 e. The van der Waals surface area contributed by atoms with Crippen molar-refractivity contribution in [2.24, 2.45) is 0 Å². The molecule has 0 saturated heterocycles. The van der Waals surface area contributed by atoms with Crippen LogP contribution in [0.4, 0.5) is 10.1 Å². The van der Waals surface area contributed by atoms with E-state index in [-0.39, 0.29) is 11.6 Å². The molecular formula is C23H22FN5O4S. The maximum absolute atomic E-state index is 13.6. The topological polar surface area (TPSA) is 99.8 Å². The van der Waals surface area contributed by atoms with Crippen LogP contribution in [-0.4, -0.2) is 44.5 Å². The molecule has 0 saturated carbocycles. The van der Waals surface area contributed by atoms with Crippen LogP contribution in [0.25, 0.3) is 11.3 Å². The number of thioether (sulfide) groups is 1. The number of carbonyl (C=O) groups is 1. The highest BCUT2D eigenvalue weighted by atomic mass is 32.2. The van der Waals surface area contributed by atoms with Crippen molar-refractivity contribution in [2.75, 3.05) is 19.5 Å². The minimum absolute atomic E-state index is 0.0707. The number of nitrogens with zero attached hydrogens (tertiary/aromatic N) is 4. The molecule has 1 amide bonds. The number of fused-ring (bicyclic) bond motifs is 1. The summed E-state index contributed by atoms with van der Waals surface area (Å²) in [4.78, 5) is 25.9. The molecule has 1 N–H and O–H groups in total. The third-order valence-electron chi connectivity index (χ3n) is 5.10. The van der Waals surface area contributed by atoms with Crippen molar-refractivity contribution < 1.29 is 18.7 Å². The van der Waals surface area contributed by atoms with E-state index in [4.69, 9.17) is 9.47 Å². The van der Waals surface area contributed by atoms with Crippen LogP contribution in [0.1, 0.15) is 13.3 Å². The lowest BCUT2D eigenvalue weighted by atomic mass is 10.2. The van der Waals surface area contributed by atoms with Crippen molar-refractivity contribution in [2.45, 2.75) is 23.8 Å². The van der Waals surface area contributed by atoms with Gasteiger partial charge in [-0.3, -0.25) is 18.6 Å². The van der Waals surface area contributed by atoms with E-state index < -0.39 is 16.6 Å². The van der Waals surface area contributed by atoms with Crippen LogP contribution in [0.3, 0.4) is 0 Å². The van der Waals surface area contributed by atoms with Crippen LogP contribution in [0, 0.1) is 5.82 Å². The molecule has 9 nitrogen and oxygen atoms in total. The Hall–Kier alpha value is -3.86. The highest BCUT2D eigenvalue weighted by Crippen LogP contribution is 2.31. The van der Waals surface area contributed by atoms with Crippen molar-refractivity contribution in [3.8, 4) is 17.2 Å². The van der Waals surface area contributed by atoms with E-state index in [0.29, 0.717) is 34.5 Å². The van der Waals surface area contributed by atoms with Gasteiger partial charge in [0.05, 0.1) is 30.8 Å². The van der Waals surface area contributed by atoms with E-state index in [9.17, 15) is 14.0 Å². The summed E-state index contributed by atoms with van der Waals surface area (Å²) < 4.78 is 26.9. The molecule has 0 aliphatic carbocycles. The summed E-state index contributed by atoms with van der Waals surface area (Å²) >= 11 is 1.19. The van der Waals surface area contributed by atoms with Crippen LogP contribution in [0.5, 0.6) is 11.5 Å². The molecule has 0 aliphatic rings. The maximum atomic E-state index is 13.6. The van der Waals surface area contributed by atoms with E-state index in [1.165, 1.54) is 52.2 Å². The zero-order valence-corrected chi connectivity index (χ0v) is 19.5. The van der Waals surface area contributed by atoms with Gasteiger partial charge in [-0.15, -0.1) is 10.2 Å². The summed E-state index contributed by atoms with van der Waals surface area (Å²) in [6, 6.07) is 10.8. The minimum Gasteiger partial charge on any atom is -0.497 e. The third-order valence-corrected chi connectivity index (χ3v) is 6.42. The number of hydrogen-bond acceptors (Lipinski definition) is 7. The fourth-order valence-electron chi connectivity index (χ4n) is 3.34. The first-order valence-electron chi connectivity index (χ1n) is 10.4. The van der Waals surface area contributed by atoms with Gasteiger partial charge in [-0.05, 0) is 36.8 Å². The summed E-state index contributed by atoms with van der Waals surface area (Å²) in [6.07, 6.45) is 3.63. The molecule has 2 aromatic carbocycles. The largest absolute Gasteiger partial charge is 0.497 e. The molecule has 2 heterocycles. The number of halogens is 1. The fourth-order valence-corrected chi connectivity index (χ4v) is 4.28. The Balaban J connectivity index is 1.58. The van der Waals surface area contributed by atoms with E-state index in [1.807, 2.05) is 6.92 Å². The van der Waals surface area contributed by atoms with E-state index >= 15 is 0 Å². The molecule has 1 atom stereocenters. The Morgan fingerprint density at radius 3 is 2.68 bits per heavy atom. The number of carbonyl (C=O) groups excluding carboxylic acids is 1. The number of aromatic nitrogens is 4. The SMILES string of the molecule is CC[C@H](Sc1nnc2c(=O)n(-c3cccc(F)c3)ccn12)C(=O)Nc1ccc(OC)cc1OC. The quantitative estimate of drug-likeness (QED) is 0.383. The molecule has 11 heteroatoms. The van der Waals surface area contributed by atoms with Crippen LogP contribution in [-0.2, 0) is 4.79 Å². The van der Waals surface area contributed by atoms with Crippen molar-refractivity contribution in [3.05, 3.63) is 71.0 Å². The molecule has 0 unspecified atom stereocenters. The molecular weight excluding hydrogens is 461 g/mol. The van der Waals surface area contributed by atoms with Gasteiger partial charge in [-0.1, -0.05) is 24.8 Å². The summed E-state index contributed by atoms with van der Waals surface area (Å²) in [5, 5.41) is 10.9. The van der Waals surface area contributed by atoms with Gasteiger partial charge in [-0.2, -0.15) is 0 Å². The Labute approximate surface area is 198 Å². The monoisotopic (exact) mass is 483 g/mol. The molecule has 0 spiro atoms. The number of rotatable bonds is 8. The van der Waals surface area contributed by atoms with Crippen molar-refractivity contribution >= 4 is 29.0 Å². The Bertz CT molecular complexity index is 1400. The molecule has 34 heavy (non-hydrogen) atoms. The number of methoxy groups -OCH3 is 2. The molecule has 176 valence electrons. The standard InChI is InChI=1S/C23H22FN5O4S/c1-4-19(21(30)25-17-9-8-16(32-2)13-18(17)33-3)34-23-27-26-20-22(31)28(10-11-29(20)23)15-7-5-6-14(24)12-15/h5-13,19H,4H2,1-3H3,(H,25,30)/t19-/m0/s1. The minimum atomic E-state index is -0.509. The van der Waals surface area contributed by atoms with Crippen LogP contribution in [0.2, 0.25) is 0 Å². The summed E-state index contributed by atoms with van der Waals surface area (Å²) in [5.41, 5.74) is 0.509. The summed E-state index contributed by atoms with van der Waals surface area (Å²) in [7, 11) is 3.06. The number of benzene rings is 2. The number of ether oxygens (including phenoxy) is 2. The first-order chi connectivity index (χ1) is 16.4. The summed E-state index contributed by atoms with van der Waals surface area (Å²) in [6.45, 7) is 1.88. The van der Waals surface area contributed by atoms with Gasteiger partial charge in [0.15, 0.2) is 5.16 Å². The number of nitrogens with one attached hydrogen (secondary N) is 1. The lowest BCUT2D eigenvalue weighted by Crippen LogP contribution is -2.25. The molecule has 4 aromatic rings. The lowest BCUT2D eigenvalue weighted by molar-refractivity contribution is -0.115. The van der Waals surface area contributed by atoms with Crippen LogP contribution >= 0.6 is 11.8 Å². The van der Waals surface area contributed by atoms with Crippen molar-refractivity contribution in [3.63, 3.8) is 0 Å². The van der Waals surface area contributed by atoms with E-state index in [2.05, 4.69) is 15.5 Å². The van der Waals surface area contributed by atoms with Gasteiger partial charge in [0.2, 0.25) is 11.6 Å². The second kappa shape index (κ2) is 9.96. The number of anilines is 1. The predicted octanol–water partition coefficient (Wildman–Crippen LogP) is 3.55. The molecule has 4 rings (SSSR count). The average Bonchev–Trinajstić information content (AvgIpc) is 3.26. The number of amides is 1. The Kier molecular flexibility index (Phi) is 6.82. The van der Waals surface area contributed by atoms with Gasteiger partial charge >= 0.3 is 5.56 Å². The maximum Gasteiger partial charge on any atom is 0.300 e. The lowest BCUT2D eigenvalue weighted by Gasteiger charge is -2.16. The Morgan fingerprint density at radius 2 is 1.97 bits per heavy atom. The van der Waals surface area contributed by atoms with Crippen molar-refractivity contribution in [1.29, 1.82) is 0 Å². The first kappa shape index (κ1) is 23.3. The van der Waals surface area contributed by atoms with Gasteiger partial charge in [0.25, 0.3) is 0 Å². The highest BCUT2D eigenvalue weighted by Gasteiger charge is 2.23. The highest BCUT2D eigenvalue weighted by molar-refractivity contribution is 8.00. The molecule has 0 radical (unpaired) electrons. The normalized spacial score (nSPS) is 11.9. The first-order valence-corrected chi connectivity index (χ1v) is 11.2. The van der Waals surface area contributed by atoms with Gasteiger partial charge in [0, 0.05) is 18.5 Å². The second-order valence-electron chi connectivity index (χ2n) is 7.20. The van der Waals surface area contributed by atoms with Gasteiger partial charge in [0.1, 0.15) is 17.3 Å². The van der Waals surface area contributed by atoms with Gasteiger partial charge < -0.3 is 14.8 Å². The molecule has 0 bridgehead atoms. The fraction of sp³-hybridized carbons (Fsp3) is 0.217. The second-order valence-corrected chi connectivity index (χ2v) is 8.37. The molecule has 2 aromatic heterocycles. The van der Waals surface area contributed by atoms with Gasteiger partial charge in [-0.25, -0.2) is 4.39 Å². The van der Waals surface area contributed by atoms with Crippen LogP contribution in [0.15, 0.2) is 64.8 Å².